The van der Waals surface area contributed by atoms with Crippen molar-refractivity contribution in [3.8, 4) is 11.3 Å². The largest absolute Gasteiger partial charge is 0.449 e. The standard InChI is InChI=1S/C20H20N4O6/c1-11-18(12(2)23(4)22-11)21-19(25)13(3)29-20(26)17-10-9-16(30-17)14-5-7-15(8-6-14)24(27)28/h5-10,13H,1-4H3,(H,21,25)/t13-/m1/s1. The van der Waals surface area contributed by atoms with Crippen molar-refractivity contribution in [3.63, 3.8) is 0 Å². The van der Waals surface area contributed by atoms with E-state index in [9.17, 15) is 19.7 Å². The van der Waals surface area contributed by atoms with Gasteiger partial charge in [-0.1, -0.05) is 0 Å². The Bertz CT molecular complexity index is 1110. The molecule has 0 unspecified atom stereocenters. The molecule has 156 valence electrons. The number of amides is 1. The van der Waals surface area contributed by atoms with Crippen LogP contribution >= 0.6 is 0 Å². The van der Waals surface area contributed by atoms with E-state index in [1.54, 1.807) is 24.7 Å². The van der Waals surface area contributed by atoms with Crippen molar-refractivity contribution < 1.29 is 23.7 Å². The number of esters is 1. The summed E-state index contributed by atoms with van der Waals surface area (Å²) in [5, 5.41) is 17.7. The maximum atomic E-state index is 12.4. The van der Waals surface area contributed by atoms with Crippen LogP contribution in [-0.2, 0) is 16.6 Å². The van der Waals surface area contributed by atoms with Gasteiger partial charge in [0.05, 0.1) is 22.0 Å². The fourth-order valence-electron chi connectivity index (χ4n) is 2.80. The van der Waals surface area contributed by atoms with E-state index in [1.165, 1.54) is 37.3 Å². The number of nitro groups is 1. The van der Waals surface area contributed by atoms with Crippen LogP contribution in [0.25, 0.3) is 11.3 Å². The van der Waals surface area contributed by atoms with Gasteiger partial charge in [-0.25, -0.2) is 4.79 Å². The molecule has 1 amide bonds. The number of hydrogen-bond donors (Lipinski definition) is 1. The second-order valence-corrected chi connectivity index (χ2v) is 6.67. The van der Waals surface area contributed by atoms with E-state index in [1.807, 2.05) is 6.92 Å². The topological polar surface area (TPSA) is 130 Å². The Hall–Kier alpha value is -3.95. The summed E-state index contributed by atoms with van der Waals surface area (Å²) in [5.41, 5.74) is 2.51. The number of anilines is 1. The lowest BCUT2D eigenvalue weighted by molar-refractivity contribution is -0.384. The zero-order valence-corrected chi connectivity index (χ0v) is 16.8. The first kappa shape index (κ1) is 20.8. The Kier molecular flexibility index (Phi) is 5.67. The number of aromatic nitrogens is 2. The summed E-state index contributed by atoms with van der Waals surface area (Å²) in [5.74, 6) is -1.04. The molecule has 10 nitrogen and oxygen atoms in total. The molecule has 2 heterocycles. The highest BCUT2D eigenvalue weighted by Gasteiger charge is 2.23. The van der Waals surface area contributed by atoms with E-state index in [2.05, 4.69) is 10.4 Å². The molecule has 0 radical (unpaired) electrons. The molecule has 0 aliphatic carbocycles. The highest BCUT2D eigenvalue weighted by atomic mass is 16.6. The molecule has 30 heavy (non-hydrogen) atoms. The number of hydrogen-bond acceptors (Lipinski definition) is 7. The summed E-state index contributed by atoms with van der Waals surface area (Å²) < 4.78 is 12.3. The Morgan fingerprint density at radius 2 is 1.87 bits per heavy atom. The molecule has 2 aromatic heterocycles. The lowest BCUT2D eigenvalue weighted by atomic mass is 10.1. The van der Waals surface area contributed by atoms with Gasteiger partial charge in [0.2, 0.25) is 5.76 Å². The number of nitrogens with one attached hydrogen (secondary N) is 1. The molecule has 0 bridgehead atoms. The summed E-state index contributed by atoms with van der Waals surface area (Å²) in [6, 6.07) is 8.67. The minimum atomic E-state index is -1.07. The van der Waals surface area contributed by atoms with Crippen molar-refractivity contribution in [3.05, 3.63) is 63.7 Å². The van der Waals surface area contributed by atoms with Crippen molar-refractivity contribution in [2.75, 3.05) is 5.32 Å². The highest BCUT2D eigenvalue weighted by molar-refractivity contribution is 5.97. The molecular formula is C20H20N4O6. The number of ether oxygens (including phenoxy) is 1. The molecule has 1 atom stereocenters. The number of nitro benzene ring substituents is 1. The van der Waals surface area contributed by atoms with Crippen LogP contribution in [0, 0.1) is 24.0 Å². The smallest absolute Gasteiger partial charge is 0.375 e. The second-order valence-electron chi connectivity index (χ2n) is 6.67. The predicted octanol–water partition coefficient (Wildman–Crippen LogP) is 3.39. The number of benzene rings is 1. The molecule has 3 rings (SSSR count). The average molecular weight is 412 g/mol. The Labute approximate surface area is 171 Å². The van der Waals surface area contributed by atoms with Crippen molar-refractivity contribution >= 4 is 23.3 Å². The Morgan fingerprint density at radius 1 is 1.20 bits per heavy atom. The monoisotopic (exact) mass is 412 g/mol. The minimum absolute atomic E-state index is 0.0520. The van der Waals surface area contributed by atoms with Crippen LogP contribution in [0.5, 0.6) is 0 Å². The third kappa shape index (κ3) is 4.22. The van der Waals surface area contributed by atoms with Crippen LogP contribution in [0.1, 0.15) is 28.9 Å². The van der Waals surface area contributed by atoms with Gasteiger partial charge in [0.25, 0.3) is 11.6 Å². The summed E-state index contributed by atoms with van der Waals surface area (Å²) in [4.78, 5) is 35.0. The summed E-state index contributed by atoms with van der Waals surface area (Å²) in [6.07, 6.45) is -1.07. The minimum Gasteiger partial charge on any atom is -0.449 e. The quantitative estimate of drug-likeness (QED) is 0.373. The lowest BCUT2D eigenvalue weighted by Crippen LogP contribution is -2.30. The fourth-order valence-corrected chi connectivity index (χ4v) is 2.80. The zero-order chi connectivity index (χ0) is 22.0. The number of rotatable bonds is 6. The van der Waals surface area contributed by atoms with Crippen molar-refractivity contribution in [1.82, 2.24) is 9.78 Å². The Balaban J connectivity index is 1.65. The van der Waals surface area contributed by atoms with Gasteiger partial charge in [0.15, 0.2) is 6.10 Å². The first-order valence-electron chi connectivity index (χ1n) is 9.04. The normalized spacial score (nSPS) is 11.7. The van der Waals surface area contributed by atoms with Crippen molar-refractivity contribution in [1.29, 1.82) is 0 Å². The summed E-state index contributed by atoms with van der Waals surface area (Å²) in [6.45, 7) is 5.03. The van der Waals surface area contributed by atoms with Gasteiger partial charge >= 0.3 is 5.97 Å². The van der Waals surface area contributed by atoms with Gasteiger partial charge in [-0.15, -0.1) is 0 Å². The van der Waals surface area contributed by atoms with Crippen LogP contribution in [0.4, 0.5) is 11.4 Å². The Morgan fingerprint density at radius 3 is 2.43 bits per heavy atom. The van der Waals surface area contributed by atoms with E-state index < -0.39 is 22.9 Å². The van der Waals surface area contributed by atoms with Crippen LogP contribution in [0.3, 0.4) is 0 Å². The maximum Gasteiger partial charge on any atom is 0.375 e. The fraction of sp³-hybridized carbons (Fsp3) is 0.250. The van der Waals surface area contributed by atoms with Crippen molar-refractivity contribution in [2.45, 2.75) is 26.9 Å². The van der Waals surface area contributed by atoms with E-state index in [0.29, 0.717) is 22.7 Å². The number of carbonyl (C=O) groups is 2. The highest BCUT2D eigenvalue weighted by Crippen LogP contribution is 2.25. The number of non-ortho nitro benzene ring substituents is 1. The molecule has 3 aromatic rings. The molecule has 0 fully saturated rings. The molecule has 1 aromatic carbocycles. The molecule has 0 saturated heterocycles. The van der Waals surface area contributed by atoms with Gasteiger partial charge < -0.3 is 14.5 Å². The first-order valence-corrected chi connectivity index (χ1v) is 9.04. The van der Waals surface area contributed by atoms with Crippen LogP contribution in [0.2, 0.25) is 0 Å². The van der Waals surface area contributed by atoms with Crippen LogP contribution in [-0.4, -0.2) is 32.7 Å². The lowest BCUT2D eigenvalue weighted by Gasteiger charge is -2.13. The molecule has 0 aliphatic rings. The molecule has 1 N–H and O–H groups in total. The van der Waals surface area contributed by atoms with E-state index >= 15 is 0 Å². The first-order chi connectivity index (χ1) is 14.2. The predicted molar refractivity (Wildman–Crippen MR) is 107 cm³/mol. The third-order valence-electron chi connectivity index (χ3n) is 4.58. The molecule has 10 heteroatoms. The van der Waals surface area contributed by atoms with E-state index in [0.717, 1.165) is 5.69 Å². The van der Waals surface area contributed by atoms with Crippen molar-refractivity contribution in [2.24, 2.45) is 7.05 Å². The number of carbonyl (C=O) groups excluding carboxylic acids is 2. The van der Waals surface area contributed by atoms with Gasteiger partial charge in [-0.3, -0.25) is 19.6 Å². The third-order valence-corrected chi connectivity index (χ3v) is 4.58. The average Bonchev–Trinajstić information content (AvgIpc) is 3.29. The summed E-state index contributed by atoms with van der Waals surface area (Å²) >= 11 is 0. The van der Waals surface area contributed by atoms with Gasteiger partial charge in [-0.2, -0.15) is 5.10 Å². The zero-order valence-electron chi connectivity index (χ0n) is 16.8. The maximum absolute atomic E-state index is 12.4. The SMILES string of the molecule is Cc1nn(C)c(C)c1NC(=O)[C@@H](C)OC(=O)c1ccc(-c2ccc([N+](=O)[O-])cc2)o1. The van der Waals surface area contributed by atoms with Crippen LogP contribution in [0.15, 0.2) is 40.8 Å². The molecule has 0 saturated carbocycles. The summed E-state index contributed by atoms with van der Waals surface area (Å²) in [7, 11) is 1.76. The van der Waals surface area contributed by atoms with Gasteiger partial charge in [0, 0.05) is 24.7 Å². The van der Waals surface area contributed by atoms with E-state index in [4.69, 9.17) is 9.15 Å². The van der Waals surface area contributed by atoms with E-state index in [-0.39, 0.29) is 11.4 Å². The van der Waals surface area contributed by atoms with Crippen LogP contribution < -0.4 is 5.32 Å². The molecular weight excluding hydrogens is 392 g/mol. The number of nitrogens with zero attached hydrogens (tertiary/aromatic N) is 3. The van der Waals surface area contributed by atoms with Gasteiger partial charge in [0.1, 0.15) is 5.76 Å². The van der Waals surface area contributed by atoms with Gasteiger partial charge in [-0.05, 0) is 45.0 Å². The number of furan rings is 1. The molecule has 0 aliphatic heterocycles. The molecule has 0 spiro atoms. The second kappa shape index (κ2) is 8.19. The number of aryl methyl sites for hydroxylation is 2.